The summed E-state index contributed by atoms with van der Waals surface area (Å²) in [5.74, 6) is -1.92. The summed E-state index contributed by atoms with van der Waals surface area (Å²) in [5.41, 5.74) is -0.404. The topological polar surface area (TPSA) is 161 Å². The third-order valence-electron chi connectivity index (χ3n) is 5.00. The molecular weight excluding hydrogens is 499 g/mol. The number of hydrogen-bond donors (Lipinski definition) is 4. The molecule has 0 heterocycles. The lowest BCUT2D eigenvalue weighted by molar-refractivity contribution is 0.435. The number of aromatic hydroxyl groups is 2. The van der Waals surface area contributed by atoms with Crippen molar-refractivity contribution in [2.75, 3.05) is 0 Å². The maximum absolute atomic E-state index is 12.6. The van der Waals surface area contributed by atoms with Gasteiger partial charge in [0, 0.05) is 15.6 Å². The van der Waals surface area contributed by atoms with Crippen LogP contribution < -0.4 is 10.3 Å². The Morgan fingerprint density at radius 1 is 0.688 bits per heavy atom. The highest BCUT2D eigenvalue weighted by molar-refractivity contribution is 7.90. The maximum atomic E-state index is 12.6. The van der Waals surface area contributed by atoms with Crippen molar-refractivity contribution in [2.24, 2.45) is 10.3 Å². The van der Waals surface area contributed by atoms with Gasteiger partial charge in [0.15, 0.2) is 0 Å². The summed E-state index contributed by atoms with van der Waals surface area (Å²) in [6.07, 6.45) is 0. The molecule has 8 nitrogen and oxygen atoms in total. The van der Waals surface area contributed by atoms with Crippen molar-refractivity contribution in [3.05, 3.63) is 57.6 Å². The molecule has 0 unspecified atom stereocenters. The molecule has 0 bridgehead atoms. The average molecular weight is 517 g/mol. The second-order valence-electron chi connectivity index (χ2n) is 7.02. The number of hydrogen-bond acceptors (Lipinski definition) is 6. The van der Waals surface area contributed by atoms with E-state index in [9.17, 15) is 27.0 Å². The van der Waals surface area contributed by atoms with Crippen molar-refractivity contribution in [3.8, 4) is 33.8 Å². The highest BCUT2D eigenvalue weighted by Crippen LogP contribution is 2.52. The molecule has 0 saturated heterocycles. The first-order chi connectivity index (χ1) is 14.7. The van der Waals surface area contributed by atoms with E-state index in [2.05, 4.69) is 0 Å². The first-order valence-electron chi connectivity index (χ1n) is 8.86. The lowest BCUT2D eigenvalue weighted by Crippen LogP contribution is -2.20. The van der Waals surface area contributed by atoms with Crippen molar-refractivity contribution in [1.29, 1.82) is 0 Å². The van der Waals surface area contributed by atoms with E-state index in [0.29, 0.717) is 5.56 Å². The summed E-state index contributed by atoms with van der Waals surface area (Å²) >= 11 is 12.3. The fourth-order valence-electron chi connectivity index (χ4n) is 3.49. The molecule has 3 aromatic carbocycles. The van der Waals surface area contributed by atoms with Crippen LogP contribution in [-0.2, 0) is 20.0 Å². The fraction of sp³-hybridized carbons (Fsp3) is 0.100. The Morgan fingerprint density at radius 2 is 1.03 bits per heavy atom. The van der Waals surface area contributed by atoms with E-state index in [1.165, 1.54) is 43.3 Å². The SMILES string of the molecule is Cc1c(Cl)cccc1-c1c(O)c(S(N)(=O)=O)c(-c2cccc(Cl)c2C)c(S(N)(=O)=O)c1O. The molecule has 3 aromatic rings. The predicted molar refractivity (Wildman–Crippen MR) is 123 cm³/mol. The van der Waals surface area contributed by atoms with Crippen LogP contribution in [0.4, 0.5) is 0 Å². The number of benzene rings is 3. The Hall–Kier alpha value is -2.34. The van der Waals surface area contributed by atoms with Gasteiger partial charge in [0.2, 0.25) is 20.0 Å². The third kappa shape index (κ3) is 4.05. The molecule has 12 heteroatoms. The van der Waals surface area contributed by atoms with Crippen molar-refractivity contribution in [3.63, 3.8) is 0 Å². The highest BCUT2D eigenvalue weighted by Gasteiger charge is 2.36. The molecule has 0 aliphatic rings. The predicted octanol–water partition coefficient (Wildman–Crippen LogP) is 3.65. The zero-order valence-electron chi connectivity index (χ0n) is 16.7. The second kappa shape index (κ2) is 8.22. The largest absolute Gasteiger partial charge is 0.506 e. The minimum atomic E-state index is -4.75. The van der Waals surface area contributed by atoms with E-state index in [-0.39, 0.29) is 26.7 Å². The molecule has 0 atom stereocenters. The summed E-state index contributed by atoms with van der Waals surface area (Å²) in [6.45, 7) is 3.04. The average Bonchev–Trinajstić information content (AvgIpc) is 2.64. The first kappa shape index (κ1) is 24.3. The Morgan fingerprint density at radius 3 is 1.38 bits per heavy atom. The fourth-order valence-corrected chi connectivity index (χ4v) is 5.64. The zero-order chi connectivity index (χ0) is 24.2. The molecule has 0 aliphatic heterocycles. The minimum absolute atomic E-state index is 0.00878. The minimum Gasteiger partial charge on any atom is -0.506 e. The van der Waals surface area contributed by atoms with Gasteiger partial charge in [0.05, 0.1) is 5.56 Å². The Labute approximate surface area is 195 Å². The van der Waals surface area contributed by atoms with Crippen molar-refractivity contribution in [2.45, 2.75) is 23.6 Å². The number of halogens is 2. The van der Waals surface area contributed by atoms with Gasteiger partial charge in [-0.1, -0.05) is 47.5 Å². The lowest BCUT2D eigenvalue weighted by atomic mass is 9.93. The normalized spacial score (nSPS) is 12.2. The highest BCUT2D eigenvalue weighted by atomic mass is 35.5. The molecule has 6 N–H and O–H groups in total. The molecule has 3 rings (SSSR count). The van der Waals surface area contributed by atoms with E-state index < -0.39 is 52.5 Å². The van der Waals surface area contributed by atoms with Crippen molar-refractivity contribution in [1.82, 2.24) is 0 Å². The summed E-state index contributed by atoms with van der Waals surface area (Å²) in [7, 11) is -9.50. The third-order valence-corrected chi connectivity index (χ3v) is 7.75. The summed E-state index contributed by atoms with van der Waals surface area (Å²) in [5, 5.41) is 33.3. The molecule has 0 amide bonds. The smallest absolute Gasteiger partial charge is 0.242 e. The Bertz CT molecular complexity index is 1430. The summed E-state index contributed by atoms with van der Waals surface area (Å²) < 4.78 is 50.4. The molecule has 170 valence electrons. The lowest BCUT2D eigenvalue weighted by Gasteiger charge is -2.22. The van der Waals surface area contributed by atoms with Crippen molar-refractivity contribution >= 4 is 43.2 Å². The van der Waals surface area contributed by atoms with Gasteiger partial charge in [-0.15, -0.1) is 0 Å². The van der Waals surface area contributed by atoms with E-state index in [1.54, 1.807) is 6.92 Å². The molecule has 0 fully saturated rings. The van der Waals surface area contributed by atoms with Crippen LogP contribution in [-0.4, -0.2) is 27.0 Å². The number of sulfonamides is 2. The van der Waals surface area contributed by atoms with Gasteiger partial charge in [-0.25, -0.2) is 27.1 Å². The standard InChI is InChI=1S/C20H18Cl2N2O6S2/c1-9-11(5-3-7-13(9)21)15-17(25)19(31(23,27)28)16(20(18(15)26)32(24,29)30)12-6-4-8-14(22)10(12)2/h3-8,25-26H,1-2H3,(H2,23,27,28)(H2,24,29,30). The molecule has 0 aromatic heterocycles. The van der Waals surface area contributed by atoms with Crippen LogP contribution in [0.1, 0.15) is 11.1 Å². The molecule has 0 radical (unpaired) electrons. The van der Waals surface area contributed by atoms with Gasteiger partial charge in [-0.3, -0.25) is 0 Å². The van der Waals surface area contributed by atoms with Gasteiger partial charge < -0.3 is 10.2 Å². The Kier molecular flexibility index (Phi) is 6.24. The van der Waals surface area contributed by atoms with E-state index >= 15 is 0 Å². The number of primary sulfonamides is 2. The van der Waals surface area contributed by atoms with Crippen LogP contribution in [0.15, 0.2) is 46.2 Å². The number of phenols is 2. The van der Waals surface area contributed by atoms with Crippen LogP contribution in [0.3, 0.4) is 0 Å². The summed E-state index contributed by atoms with van der Waals surface area (Å²) in [4.78, 5) is -1.86. The second-order valence-corrected chi connectivity index (χ2v) is 10.8. The van der Waals surface area contributed by atoms with E-state index in [4.69, 9.17) is 33.5 Å². The quantitative estimate of drug-likeness (QED) is 0.413. The molecule has 0 spiro atoms. The molecule has 32 heavy (non-hydrogen) atoms. The van der Waals surface area contributed by atoms with E-state index in [0.717, 1.165) is 0 Å². The molecular formula is C20H18Cl2N2O6S2. The van der Waals surface area contributed by atoms with Gasteiger partial charge in [0.1, 0.15) is 21.3 Å². The Balaban J connectivity index is 2.72. The monoisotopic (exact) mass is 516 g/mol. The van der Waals surface area contributed by atoms with Gasteiger partial charge in [-0.05, 0) is 48.2 Å². The van der Waals surface area contributed by atoms with Crippen LogP contribution >= 0.6 is 23.2 Å². The van der Waals surface area contributed by atoms with Gasteiger partial charge in [-0.2, -0.15) is 0 Å². The van der Waals surface area contributed by atoms with Crippen LogP contribution in [0.25, 0.3) is 22.3 Å². The van der Waals surface area contributed by atoms with Gasteiger partial charge >= 0.3 is 0 Å². The van der Waals surface area contributed by atoms with Crippen LogP contribution in [0.5, 0.6) is 11.5 Å². The van der Waals surface area contributed by atoms with Crippen LogP contribution in [0, 0.1) is 13.8 Å². The number of nitrogens with two attached hydrogens (primary N) is 2. The number of phenolic OH excluding ortho intramolecular Hbond substituents is 2. The van der Waals surface area contributed by atoms with Crippen molar-refractivity contribution < 1.29 is 27.0 Å². The molecule has 0 aliphatic carbocycles. The number of rotatable bonds is 4. The maximum Gasteiger partial charge on any atom is 0.242 e. The zero-order valence-corrected chi connectivity index (χ0v) is 19.9. The van der Waals surface area contributed by atoms with Crippen LogP contribution in [0.2, 0.25) is 10.0 Å². The summed E-state index contributed by atoms with van der Waals surface area (Å²) in [6, 6.07) is 8.72. The van der Waals surface area contributed by atoms with E-state index in [1.807, 2.05) is 0 Å². The van der Waals surface area contributed by atoms with Gasteiger partial charge in [0.25, 0.3) is 0 Å². The molecule has 0 saturated carbocycles. The first-order valence-corrected chi connectivity index (χ1v) is 12.7.